The van der Waals surface area contributed by atoms with Gasteiger partial charge in [-0.3, -0.25) is 14.6 Å². The highest BCUT2D eigenvalue weighted by Crippen LogP contribution is 2.34. The number of hydrogen-bond acceptors (Lipinski definition) is 7. The highest BCUT2D eigenvalue weighted by molar-refractivity contribution is 7.89. The number of hydrogen-bond donors (Lipinski definition) is 5. The molecule has 0 radical (unpaired) electrons. The quantitative estimate of drug-likeness (QED) is 0.0912. The predicted octanol–water partition coefficient (Wildman–Crippen LogP) is 1.80. The zero-order valence-corrected chi connectivity index (χ0v) is 27.4. The van der Waals surface area contributed by atoms with E-state index >= 15 is 0 Å². The maximum Gasteiger partial charge on any atom is 0.326 e. The lowest BCUT2D eigenvalue weighted by Gasteiger charge is -2.27. The van der Waals surface area contributed by atoms with Crippen molar-refractivity contribution >= 4 is 50.2 Å². The van der Waals surface area contributed by atoms with E-state index in [1.54, 1.807) is 24.3 Å². The molecule has 1 heterocycles. The summed E-state index contributed by atoms with van der Waals surface area (Å²) in [6, 6.07) is 16.5. The molecule has 14 heteroatoms. The molecule has 1 saturated heterocycles. The molecule has 0 spiro atoms. The van der Waals surface area contributed by atoms with Gasteiger partial charge in [0, 0.05) is 43.6 Å². The van der Waals surface area contributed by atoms with Gasteiger partial charge in [0.15, 0.2) is 5.96 Å². The van der Waals surface area contributed by atoms with Crippen LogP contribution >= 0.6 is 0 Å². The number of nitrogens with two attached hydrogens (primary N) is 2. The van der Waals surface area contributed by atoms with Crippen LogP contribution in [-0.4, -0.2) is 86.9 Å². The van der Waals surface area contributed by atoms with Crippen molar-refractivity contribution in [3.63, 3.8) is 0 Å². The Morgan fingerprint density at radius 3 is 2.34 bits per heavy atom. The molecule has 1 aliphatic heterocycles. The molecule has 0 saturated carbocycles. The van der Waals surface area contributed by atoms with Crippen LogP contribution in [0, 0.1) is 0 Å². The van der Waals surface area contributed by atoms with Gasteiger partial charge in [-0.1, -0.05) is 54.6 Å². The summed E-state index contributed by atoms with van der Waals surface area (Å²) < 4.78 is 29.5. The van der Waals surface area contributed by atoms with E-state index in [4.69, 9.17) is 11.5 Å². The first-order chi connectivity index (χ1) is 22.4. The van der Waals surface area contributed by atoms with E-state index in [1.165, 1.54) is 4.31 Å². The second kappa shape index (κ2) is 15.7. The Balaban J connectivity index is 1.56. The minimum Gasteiger partial charge on any atom is -0.480 e. The van der Waals surface area contributed by atoms with Crippen LogP contribution in [0.4, 0.5) is 5.69 Å². The van der Waals surface area contributed by atoms with Crippen molar-refractivity contribution in [2.75, 3.05) is 32.1 Å². The highest BCUT2D eigenvalue weighted by atomic mass is 32.2. The first-order valence-electron chi connectivity index (χ1n) is 15.5. The molecule has 0 bridgehead atoms. The molecule has 252 valence electrons. The molecule has 7 N–H and O–H groups in total. The Kier molecular flexibility index (Phi) is 11.8. The van der Waals surface area contributed by atoms with Crippen molar-refractivity contribution in [2.45, 2.75) is 61.5 Å². The first kappa shape index (κ1) is 35.2. The molecular weight excluding hydrogens is 622 g/mol. The van der Waals surface area contributed by atoms with Gasteiger partial charge in [-0.05, 0) is 56.2 Å². The Hall–Kier alpha value is -4.69. The molecule has 13 nitrogen and oxygen atoms in total. The summed E-state index contributed by atoms with van der Waals surface area (Å²) in [6.07, 6.45) is 1.68. The summed E-state index contributed by atoms with van der Waals surface area (Å²) in [6.45, 7) is 0.331. The number of sulfonamides is 1. The van der Waals surface area contributed by atoms with Crippen LogP contribution in [0.25, 0.3) is 10.8 Å². The van der Waals surface area contributed by atoms with Gasteiger partial charge < -0.3 is 32.1 Å². The summed E-state index contributed by atoms with van der Waals surface area (Å²) in [7, 11) is -0.352. The minimum absolute atomic E-state index is 0.0619. The van der Waals surface area contributed by atoms with Crippen LogP contribution in [0.5, 0.6) is 0 Å². The molecule has 1 fully saturated rings. The maximum atomic E-state index is 14.1. The molecule has 3 aromatic carbocycles. The molecule has 0 aliphatic carbocycles. The monoisotopic (exact) mass is 665 g/mol. The number of carboxylic acids is 1. The van der Waals surface area contributed by atoms with Gasteiger partial charge in [0.2, 0.25) is 21.8 Å². The second-order valence-corrected chi connectivity index (χ2v) is 13.6. The molecular formula is C33H43N7O6S. The summed E-state index contributed by atoms with van der Waals surface area (Å²) in [4.78, 5) is 45.1. The SMILES string of the molecule is CN(C)c1cccc2c(S(=O)(=O)N3CCC[C@@H]3C(=O)N[C@@H](CCc3ccccc3)C(=O)N[C@@H](CCCN=C(N)N)C(=O)O)cccc12. The van der Waals surface area contributed by atoms with Gasteiger partial charge in [-0.15, -0.1) is 0 Å². The van der Waals surface area contributed by atoms with Gasteiger partial charge >= 0.3 is 5.97 Å². The number of anilines is 1. The minimum atomic E-state index is -4.12. The largest absolute Gasteiger partial charge is 0.480 e. The fourth-order valence-electron chi connectivity index (χ4n) is 5.82. The number of guanidine groups is 1. The Bertz CT molecular complexity index is 1710. The van der Waals surface area contributed by atoms with Crippen molar-refractivity contribution in [3.8, 4) is 0 Å². The van der Waals surface area contributed by atoms with Crippen LogP contribution in [0.2, 0.25) is 0 Å². The number of nitrogens with one attached hydrogen (secondary N) is 2. The summed E-state index contributed by atoms with van der Waals surface area (Å²) in [5.74, 6) is -2.66. The van der Waals surface area contributed by atoms with E-state index in [-0.39, 0.29) is 43.2 Å². The van der Waals surface area contributed by atoms with Crippen LogP contribution in [0.3, 0.4) is 0 Å². The standard InChI is InChI=1S/C33H43N7O6S/c1-39(2)27-15-6-13-24-23(27)12-7-17-29(24)47(45,46)40-21-9-16-28(40)31(42)37-25(19-18-22-10-4-3-5-11-22)30(41)38-26(32(43)44)14-8-20-36-33(34)35/h3-7,10-13,15,17,25-26,28H,8-9,14,16,18-21H2,1-2H3,(H,37,42)(H,38,41)(H,43,44)(H4,34,35,36)/t25-,26-,28+/m0/s1. The van der Waals surface area contributed by atoms with E-state index < -0.39 is 45.9 Å². The number of aliphatic imine (C=N–C) groups is 1. The molecule has 0 aromatic heterocycles. The summed E-state index contributed by atoms with van der Waals surface area (Å²) in [5.41, 5.74) is 12.5. The lowest BCUT2D eigenvalue weighted by Crippen LogP contribution is -2.55. The first-order valence-corrected chi connectivity index (χ1v) is 17.0. The third kappa shape index (κ3) is 8.77. The number of amides is 2. The van der Waals surface area contributed by atoms with Gasteiger partial charge in [-0.25, -0.2) is 13.2 Å². The smallest absolute Gasteiger partial charge is 0.326 e. The van der Waals surface area contributed by atoms with Crippen molar-refractivity contribution in [2.24, 2.45) is 16.5 Å². The lowest BCUT2D eigenvalue weighted by atomic mass is 10.0. The van der Waals surface area contributed by atoms with Crippen LogP contribution in [-0.2, 0) is 30.8 Å². The third-order valence-corrected chi connectivity index (χ3v) is 10.2. The molecule has 4 rings (SSSR count). The van der Waals surface area contributed by atoms with Gasteiger partial charge in [0.25, 0.3) is 0 Å². The highest BCUT2D eigenvalue weighted by Gasteiger charge is 2.41. The van der Waals surface area contributed by atoms with Crippen molar-refractivity contribution in [3.05, 3.63) is 72.3 Å². The van der Waals surface area contributed by atoms with Crippen LogP contribution < -0.4 is 27.0 Å². The third-order valence-electron chi connectivity index (χ3n) is 8.19. The average Bonchev–Trinajstić information content (AvgIpc) is 3.55. The predicted molar refractivity (Wildman–Crippen MR) is 181 cm³/mol. The number of nitrogens with zero attached hydrogens (tertiary/aromatic N) is 3. The Morgan fingerprint density at radius 1 is 0.957 bits per heavy atom. The topological polar surface area (TPSA) is 201 Å². The zero-order valence-electron chi connectivity index (χ0n) is 26.6. The van der Waals surface area contributed by atoms with Crippen LogP contribution in [0.1, 0.15) is 37.7 Å². The van der Waals surface area contributed by atoms with E-state index in [9.17, 15) is 27.9 Å². The number of carbonyl (C=O) groups is 3. The fraction of sp³-hybridized carbons (Fsp3) is 0.394. The molecule has 0 unspecified atom stereocenters. The average molecular weight is 666 g/mol. The summed E-state index contributed by atoms with van der Waals surface area (Å²) in [5, 5.41) is 16.4. The van der Waals surface area contributed by atoms with Gasteiger partial charge in [-0.2, -0.15) is 4.31 Å². The lowest BCUT2D eigenvalue weighted by molar-refractivity contribution is -0.142. The van der Waals surface area contributed by atoms with Crippen LogP contribution in [0.15, 0.2) is 76.6 Å². The number of benzene rings is 3. The van der Waals surface area contributed by atoms with Gasteiger partial charge in [0.05, 0.1) is 4.90 Å². The normalized spacial score (nSPS) is 16.3. The number of aryl methyl sites for hydroxylation is 1. The van der Waals surface area contributed by atoms with E-state index in [0.717, 1.165) is 16.6 Å². The molecule has 47 heavy (non-hydrogen) atoms. The molecule has 1 aliphatic rings. The van der Waals surface area contributed by atoms with E-state index in [1.807, 2.05) is 61.5 Å². The number of fused-ring (bicyclic) bond motifs is 1. The Labute approximate surface area is 275 Å². The number of carboxylic acid groups (broad SMARTS) is 1. The Morgan fingerprint density at radius 2 is 1.66 bits per heavy atom. The number of aliphatic carboxylic acids is 1. The van der Waals surface area contributed by atoms with E-state index in [0.29, 0.717) is 24.6 Å². The number of rotatable bonds is 15. The molecule has 3 atom stereocenters. The number of carbonyl (C=O) groups excluding carboxylic acids is 2. The van der Waals surface area contributed by atoms with Crippen molar-refractivity contribution in [1.29, 1.82) is 0 Å². The van der Waals surface area contributed by atoms with E-state index in [2.05, 4.69) is 15.6 Å². The maximum absolute atomic E-state index is 14.1. The van der Waals surface area contributed by atoms with Crippen molar-refractivity contribution in [1.82, 2.24) is 14.9 Å². The summed E-state index contributed by atoms with van der Waals surface area (Å²) >= 11 is 0. The zero-order chi connectivity index (χ0) is 34.1. The second-order valence-electron chi connectivity index (χ2n) is 11.7. The molecule has 3 aromatic rings. The molecule has 2 amide bonds. The fourth-order valence-corrected chi connectivity index (χ4v) is 7.69. The van der Waals surface area contributed by atoms with Crippen molar-refractivity contribution < 1.29 is 27.9 Å². The van der Waals surface area contributed by atoms with Gasteiger partial charge in [0.1, 0.15) is 18.1 Å².